The Morgan fingerprint density at radius 3 is 2.70 bits per heavy atom. The third kappa shape index (κ3) is 2.86. The van der Waals surface area contributed by atoms with Crippen molar-refractivity contribution in [2.75, 3.05) is 26.2 Å². The van der Waals surface area contributed by atoms with Crippen molar-refractivity contribution in [2.24, 2.45) is 11.8 Å². The summed E-state index contributed by atoms with van der Waals surface area (Å²) >= 11 is 0. The van der Waals surface area contributed by atoms with Crippen LogP contribution in [0.4, 0.5) is 0 Å². The quantitative estimate of drug-likeness (QED) is 0.835. The van der Waals surface area contributed by atoms with Crippen LogP contribution in [0.1, 0.15) is 25.7 Å². The lowest BCUT2D eigenvalue weighted by molar-refractivity contribution is 0.154. The average molecular weight is 337 g/mol. The second kappa shape index (κ2) is 6.03. The number of hydrogen-bond acceptors (Lipinski definition) is 4. The van der Waals surface area contributed by atoms with Crippen LogP contribution in [0.5, 0.6) is 5.75 Å². The zero-order valence-electron chi connectivity index (χ0n) is 13.2. The Balaban J connectivity index is 1.45. The summed E-state index contributed by atoms with van der Waals surface area (Å²) in [6, 6.07) is 3.77. The Morgan fingerprint density at radius 2 is 1.96 bits per heavy atom. The summed E-state index contributed by atoms with van der Waals surface area (Å²) in [4.78, 5) is 4.08. The van der Waals surface area contributed by atoms with Crippen molar-refractivity contribution >= 4 is 10.2 Å². The molecule has 0 unspecified atom stereocenters. The molecule has 3 heterocycles. The van der Waals surface area contributed by atoms with E-state index in [1.165, 1.54) is 0 Å². The summed E-state index contributed by atoms with van der Waals surface area (Å²) in [6.07, 6.45) is 7.55. The maximum absolute atomic E-state index is 12.7. The summed E-state index contributed by atoms with van der Waals surface area (Å²) in [6.45, 7) is 2.58. The molecule has 0 radical (unpaired) electrons. The molecule has 0 spiro atoms. The molecule has 126 valence electrons. The molecule has 0 amide bonds. The summed E-state index contributed by atoms with van der Waals surface area (Å²) in [5.74, 6) is 1.50. The van der Waals surface area contributed by atoms with Crippen LogP contribution in [0.25, 0.3) is 0 Å². The maximum Gasteiger partial charge on any atom is 0.281 e. The van der Waals surface area contributed by atoms with Crippen molar-refractivity contribution in [3.05, 3.63) is 24.5 Å². The molecule has 3 aliphatic rings. The van der Waals surface area contributed by atoms with Gasteiger partial charge in [-0.25, -0.2) is 0 Å². The third-order valence-corrected chi connectivity index (χ3v) is 7.37. The fraction of sp³-hybridized carbons (Fsp3) is 0.688. The van der Waals surface area contributed by atoms with Crippen molar-refractivity contribution < 1.29 is 13.2 Å². The Hall–Kier alpha value is -1.18. The van der Waals surface area contributed by atoms with Crippen LogP contribution < -0.4 is 4.74 Å². The lowest BCUT2D eigenvalue weighted by Gasteiger charge is -2.25. The largest absolute Gasteiger partial charge is 0.488 e. The monoisotopic (exact) mass is 337 g/mol. The van der Waals surface area contributed by atoms with Crippen molar-refractivity contribution in [3.63, 3.8) is 0 Å². The zero-order valence-corrected chi connectivity index (χ0v) is 14.0. The standard InChI is InChI=1S/C16H23N3O3S/c20-23(21,18-8-1-2-9-18)19-11-13-5-6-16(15(13)12-19)22-14-4-3-7-17-10-14/h3-4,7,10,13,15-16H,1-2,5-6,8-9,11-12H2/t13-,15+,16-/m1/s1. The SMILES string of the molecule is O=S(=O)(N1CCCC1)N1C[C@H]2CC[C@@H](Oc3cccnc3)[C@H]2C1. The minimum absolute atomic E-state index is 0.1000. The van der Waals surface area contributed by atoms with Gasteiger partial charge in [0.15, 0.2) is 0 Å². The maximum atomic E-state index is 12.7. The van der Waals surface area contributed by atoms with E-state index in [0.29, 0.717) is 38.0 Å². The molecular formula is C16H23N3O3S. The summed E-state index contributed by atoms with van der Waals surface area (Å²) in [7, 11) is -3.28. The van der Waals surface area contributed by atoms with Crippen molar-refractivity contribution in [2.45, 2.75) is 31.8 Å². The third-order valence-electron chi connectivity index (χ3n) is 5.40. The molecule has 0 aromatic carbocycles. The van der Waals surface area contributed by atoms with E-state index >= 15 is 0 Å². The number of fused-ring (bicyclic) bond motifs is 1. The van der Waals surface area contributed by atoms with Crippen LogP contribution in [0.15, 0.2) is 24.5 Å². The predicted octanol–water partition coefficient (Wildman–Crippen LogP) is 1.51. The molecule has 0 bridgehead atoms. The lowest BCUT2D eigenvalue weighted by Crippen LogP contribution is -2.42. The van der Waals surface area contributed by atoms with Gasteiger partial charge >= 0.3 is 0 Å². The van der Waals surface area contributed by atoms with Gasteiger partial charge in [0.1, 0.15) is 11.9 Å². The van der Waals surface area contributed by atoms with Crippen LogP contribution in [0, 0.1) is 11.8 Å². The number of pyridine rings is 1. The van der Waals surface area contributed by atoms with E-state index < -0.39 is 10.2 Å². The molecule has 7 heteroatoms. The van der Waals surface area contributed by atoms with Gasteiger partial charge in [-0.1, -0.05) is 0 Å². The highest BCUT2D eigenvalue weighted by molar-refractivity contribution is 7.86. The van der Waals surface area contributed by atoms with Gasteiger partial charge in [0.05, 0.1) is 6.20 Å². The number of aromatic nitrogens is 1. The molecule has 1 aromatic rings. The summed E-state index contributed by atoms with van der Waals surface area (Å²) in [5.41, 5.74) is 0. The van der Waals surface area contributed by atoms with E-state index in [-0.39, 0.29) is 6.10 Å². The van der Waals surface area contributed by atoms with Gasteiger partial charge < -0.3 is 4.74 Å². The van der Waals surface area contributed by atoms with Gasteiger partial charge in [-0.3, -0.25) is 4.98 Å². The van der Waals surface area contributed by atoms with Gasteiger partial charge in [-0.05, 0) is 43.7 Å². The van der Waals surface area contributed by atoms with Crippen molar-refractivity contribution in [1.82, 2.24) is 13.6 Å². The highest BCUT2D eigenvalue weighted by Crippen LogP contribution is 2.41. The molecule has 2 saturated heterocycles. The Labute approximate surface area is 137 Å². The molecule has 6 nitrogen and oxygen atoms in total. The molecule has 4 rings (SSSR count). The van der Waals surface area contributed by atoms with Gasteiger partial charge in [0.2, 0.25) is 0 Å². The van der Waals surface area contributed by atoms with Gasteiger partial charge in [0, 0.05) is 38.3 Å². The molecule has 1 aromatic heterocycles. The molecule has 3 fully saturated rings. The second-order valence-corrected chi connectivity index (χ2v) is 8.71. The first-order valence-corrected chi connectivity index (χ1v) is 9.86. The van der Waals surface area contributed by atoms with E-state index in [1.54, 1.807) is 21.0 Å². The lowest BCUT2D eigenvalue weighted by atomic mass is 9.99. The van der Waals surface area contributed by atoms with Gasteiger partial charge in [0.25, 0.3) is 10.2 Å². The normalized spacial score (nSPS) is 32.3. The molecule has 23 heavy (non-hydrogen) atoms. The molecule has 1 saturated carbocycles. The first kappa shape index (κ1) is 15.4. The summed E-state index contributed by atoms with van der Waals surface area (Å²) in [5, 5.41) is 0. The number of hydrogen-bond donors (Lipinski definition) is 0. The zero-order chi connectivity index (χ0) is 15.9. The van der Waals surface area contributed by atoms with Crippen LogP contribution in [0.2, 0.25) is 0 Å². The summed E-state index contributed by atoms with van der Waals surface area (Å²) < 4.78 is 34.9. The number of ether oxygens (including phenoxy) is 1. The Kier molecular flexibility index (Phi) is 4.03. The second-order valence-electron chi connectivity index (χ2n) is 6.78. The smallest absolute Gasteiger partial charge is 0.281 e. The first-order valence-electron chi connectivity index (χ1n) is 8.46. The molecular weight excluding hydrogens is 314 g/mol. The van der Waals surface area contributed by atoms with E-state index in [4.69, 9.17) is 4.74 Å². The topological polar surface area (TPSA) is 62.7 Å². The van der Waals surface area contributed by atoms with E-state index in [2.05, 4.69) is 4.98 Å². The average Bonchev–Trinajstić information content (AvgIpc) is 3.26. The van der Waals surface area contributed by atoms with Crippen LogP contribution >= 0.6 is 0 Å². The van der Waals surface area contributed by atoms with Crippen LogP contribution in [0.3, 0.4) is 0 Å². The fourth-order valence-electron chi connectivity index (χ4n) is 4.18. The number of rotatable bonds is 4. The van der Waals surface area contributed by atoms with E-state index in [9.17, 15) is 8.42 Å². The fourth-order valence-corrected chi connectivity index (χ4v) is 5.97. The minimum atomic E-state index is -3.28. The van der Waals surface area contributed by atoms with Crippen molar-refractivity contribution in [3.8, 4) is 5.75 Å². The number of nitrogens with zero attached hydrogens (tertiary/aromatic N) is 3. The van der Waals surface area contributed by atoms with Crippen LogP contribution in [-0.4, -0.2) is 54.3 Å². The van der Waals surface area contributed by atoms with E-state index in [1.807, 2.05) is 12.1 Å². The predicted molar refractivity (Wildman–Crippen MR) is 86.2 cm³/mol. The Morgan fingerprint density at radius 1 is 1.13 bits per heavy atom. The van der Waals surface area contributed by atoms with E-state index in [0.717, 1.165) is 31.4 Å². The molecule has 0 N–H and O–H groups in total. The van der Waals surface area contributed by atoms with Gasteiger partial charge in [-0.15, -0.1) is 0 Å². The highest BCUT2D eigenvalue weighted by Gasteiger charge is 2.48. The molecule has 2 aliphatic heterocycles. The first-order chi connectivity index (χ1) is 11.1. The minimum Gasteiger partial charge on any atom is -0.488 e. The van der Waals surface area contributed by atoms with Crippen molar-refractivity contribution in [1.29, 1.82) is 0 Å². The van der Waals surface area contributed by atoms with Gasteiger partial charge in [-0.2, -0.15) is 17.0 Å². The molecule has 1 aliphatic carbocycles. The highest BCUT2D eigenvalue weighted by atomic mass is 32.2. The van der Waals surface area contributed by atoms with Crippen LogP contribution in [-0.2, 0) is 10.2 Å². The molecule has 3 atom stereocenters. The Bertz CT molecular complexity index is 646.